The zero-order valence-electron chi connectivity index (χ0n) is 13.9. The second kappa shape index (κ2) is 7.15. The van der Waals surface area contributed by atoms with Gasteiger partial charge in [0.25, 0.3) is 5.91 Å². The van der Waals surface area contributed by atoms with Crippen molar-refractivity contribution in [1.29, 1.82) is 0 Å². The zero-order chi connectivity index (χ0) is 17.0. The number of halogens is 1. The van der Waals surface area contributed by atoms with E-state index in [1.165, 1.54) is 0 Å². The molecule has 0 aliphatic heterocycles. The first-order valence-corrected chi connectivity index (χ1v) is 8.00. The maximum absolute atomic E-state index is 12.0. The lowest BCUT2D eigenvalue weighted by Crippen LogP contribution is -2.86. The standard InChI is InChI=1S/C17H22ClN3O2/c1-11(12-7-5-6-8-13(12)18)19-10-15(22)20-16-9-14(21-23-16)17(2,3)4/h5-9,11,19H,10H2,1-4H3,(H,20,22)/p+1/t11-/m0/s1. The molecule has 124 valence electrons. The van der Waals surface area contributed by atoms with Gasteiger partial charge in [-0.05, 0) is 13.0 Å². The van der Waals surface area contributed by atoms with Crippen LogP contribution >= 0.6 is 11.6 Å². The van der Waals surface area contributed by atoms with E-state index in [0.717, 1.165) is 11.3 Å². The minimum atomic E-state index is -0.138. The summed E-state index contributed by atoms with van der Waals surface area (Å²) in [6.45, 7) is 8.40. The van der Waals surface area contributed by atoms with Crippen molar-refractivity contribution >= 4 is 23.4 Å². The summed E-state index contributed by atoms with van der Waals surface area (Å²) in [6, 6.07) is 9.50. The van der Waals surface area contributed by atoms with E-state index < -0.39 is 0 Å². The molecule has 3 N–H and O–H groups in total. The molecule has 0 bridgehead atoms. The van der Waals surface area contributed by atoms with E-state index in [9.17, 15) is 4.79 Å². The monoisotopic (exact) mass is 336 g/mol. The first-order chi connectivity index (χ1) is 10.8. The SMILES string of the molecule is C[C@H]([NH2+]CC(=O)Nc1cc(C(C)(C)C)no1)c1ccccc1Cl. The fourth-order valence-electron chi connectivity index (χ4n) is 2.13. The fraction of sp³-hybridized carbons (Fsp3) is 0.412. The van der Waals surface area contributed by atoms with E-state index in [0.29, 0.717) is 10.9 Å². The Balaban J connectivity index is 1.88. The van der Waals surface area contributed by atoms with Gasteiger partial charge in [0.2, 0.25) is 5.88 Å². The number of carbonyl (C=O) groups excluding carboxylic acids is 1. The van der Waals surface area contributed by atoms with Crippen LogP contribution in [0.2, 0.25) is 5.02 Å². The summed E-state index contributed by atoms with van der Waals surface area (Å²) in [5.74, 6) is 0.235. The summed E-state index contributed by atoms with van der Waals surface area (Å²) in [4.78, 5) is 12.0. The highest BCUT2D eigenvalue weighted by molar-refractivity contribution is 6.31. The molecule has 2 aromatic rings. The van der Waals surface area contributed by atoms with Gasteiger partial charge in [-0.25, -0.2) is 0 Å². The molecule has 0 saturated heterocycles. The Hall–Kier alpha value is -1.85. The lowest BCUT2D eigenvalue weighted by atomic mass is 9.92. The second-order valence-electron chi connectivity index (χ2n) is 6.62. The smallest absolute Gasteiger partial charge is 0.281 e. The van der Waals surface area contributed by atoms with Crippen LogP contribution < -0.4 is 10.6 Å². The van der Waals surface area contributed by atoms with Gasteiger partial charge in [0, 0.05) is 22.1 Å². The van der Waals surface area contributed by atoms with Crippen LogP contribution in [-0.2, 0) is 10.2 Å². The number of hydrogen-bond acceptors (Lipinski definition) is 3. The molecule has 1 aromatic carbocycles. The number of rotatable bonds is 5. The third-order valence-electron chi connectivity index (χ3n) is 3.59. The van der Waals surface area contributed by atoms with Crippen LogP contribution in [0, 0.1) is 0 Å². The Morgan fingerprint density at radius 2 is 2.09 bits per heavy atom. The van der Waals surface area contributed by atoms with Gasteiger partial charge in [0.15, 0.2) is 6.54 Å². The van der Waals surface area contributed by atoms with Crippen molar-refractivity contribution in [2.45, 2.75) is 39.2 Å². The van der Waals surface area contributed by atoms with Gasteiger partial charge in [0.05, 0.1) is 5.69 Å². The molecule has 2 rings (SSSR count). The number of benzene rings is 1. The van der Waals surface area contributed by atoms with Crippen molar-refractivity contribution < 1.29 is 14.6 Å². The van der Waals surface area contributed by atoms with Gasteiger partial charge < -0.3 is 9.84 Å². The molecule has 0 saturated carbocycles. The molecule has 0 radical (unpaired) electrons. The Morgan fingerprint density at radius 3 is 2.70 bits per heavy atom. The van der Waals surface area contributed by atoms with E-state index in [1.807, 2.05) is 57.3 Å². The van der Waals surface area contributed by atoms with Gasteiger partial charge in [-0.2, -0.15) is 0 Å². The second-order valence-corrected chi connectivity index (χ2v) is 7.03. The summed E-state index contributed by atoms with van der Waals surface area (Å²) in [5.41, 5.74) is 1.70. The number of nitrogens with zero attached hydrogens (tertiary/aromatic N) is 1. The minimum Gasteiger partial charge on any atom is -0.338 e. The zero-order valence-corrected chi connectivity index (χ0v) is 14.6. The van der Waals surface area contributed by atoms with Crippen LogP contribution in [-0.4, -0.2) is 17.6 Å². The first kappa shape index (κ1) is 17.5. The normalized spacial score (nSPS) is 12.9. The van der Waals surface area contributed by atoms with Gasteiger partial charge in [-0.15, -0.1) is 0 Å². The predicted octanol–water partition coefficient (Wildman–Crippen LogP) is 2.89. The van der Waals surface area contributed by atoms with Crippen LogP contribution in [0.5, 0.6) is 0 Å². The molecule has 0 spiro atoms. The maximum atomic E-state index is 12.0. The van der Waals surface area contributed by atoms with Crippen LogP contribution in [0.4, 0.5) is 5.88 Å². The van der Waals surface area contributed by atoms with Crippen molar-refractivity contribution in [2.75, 3.05) is 11.9 Å². The third-order valence-corrected chi connectivity index (χ3v) is 3.94. The number of aromatic nitrogens is 1. The molecule has 1 aromatic heterocycles. The summed E-state index contributed by atoms with van der Waals surface area (Å²) < 4.78 is 5.16. The molecule has 1 heterocycles. The van der Waals surface area contributed by atoms with Gasteiger partial charge in [0.1, 0.15) is 6.04 Å². The highest BCUT2D eigenvalue weighted by Crippen LogP contribution is 2.23. The largest absolute Gasteiger partial charge is 0.338 e. The summed E-state index contributed by atoms with van der Waals surface area (Å²) in [7, 11) is 0. The van der Waals surface area contributed by atoms with Gasteiger partial charge >= 0.3 is 0 Å². The number of anilines is 1. The van der Waals surface area contributed by atoms with E-state index in [1.54, 1.807) is 6.07 Å². The van der Waals surface area contributed by atoms with Gasteiger partial charge in [-0.3, -0.25) is 10.1 Å². The number of carbonyl (C=O) groups is 1. The molecule has 23 heavy (non-hydrogen) atoms. The maximum Gasteiger partial charge on any atom is 0.281 e. The number of nitrogens with one attached hydrogen (secondary N) is 1. The van der Waals surface area contributed by atoms with Crippen LogP contribution in [0.1, 0.15) is 45.0 Å². The fourth-order valence-corrected chi connectivity index (χ4v) is 2.44. The van der Waals surface area contributed by atoms with E-state index >= 15 is 0 Å². The van der Waals surface area contributed by atoms with Crippen molar-refractivity contribution in [3.63, 3.8) is 0 Å². The predicted molar refractivity (Wildman–Crippen MR) is 90.5 cm³/mol. The highest BCUT2D eigenvalue weighted by atomic mass is 35.5. The molecule has 0 aliphatic carbocycles. The third kappa shape index (κ3) is 4.81. The van der Waals surface area contributed by atoms with Crippen LogP contribution in [0.15, 0.2) is 34.9 Å². The highest BCUT2D eigenvalue weighted by Gasteiger charge is 2.20. The minimum absolute atomic E-state index is 0.0920. The average molecular weight is 337 g/mol. The Kier molecular flexibility index (Phi) is 5.44. The first-order valence-electron chi connectivity index (χ1n) is 7.62. The quantitative estimate of drug-likeness (QED) is 0.881. The van der Waals surface area contributed by atoms with Crippen LogP contribution in [0.25, 0.3) is 0 Å². The van der Waals surface area contributed by atoms with Crippen molar-refractivity contribution in [3.05, 3.63) is 46.6 Å². The number of amides is 1. The number of quaternary nitrogens is 1. The lowest BCUT2D eigenvalue weighted by Gasteiger charge is -2.12. The summed E-state index contributed by atoms with van der Waals surface area (Å²) in [5, 5.41) is 9.34. The van der Waals surface area contributed by atoms with E-state index in [4.69, 9.17) is 16.1 Å². The molecule has 6 heteroatoms. The van der Waals surface area contributed by atoms with Crippen molar-refractivity contribution in [3.8, 4) is 0 Å². The van der Waals surface area contributed by atoms with Crippen LogP contribution in [0.3, 0.4) is 0 Å². The molecule has 5 nitrogen and oxygen atoms in total. The van der Waals surface area contributed by atoms with E-state index in [-0.39, 0.29) is 23.9 Å². The average Bonchev–Trinajstić information content (AvgIpc) is 2.94. The van der Waals surface area contributed by atoms with Crippen molar-refractivity contribution in [2.24, 2.45) is 0 Å². The molecule has 0 fully saturated rings. The molecule has 0 unspecified atom stereocenters. The van der Waals surface area contributed by atoms with E-state index in [2.05, 4.69) is 10.5 Å². The molecule has 1 atom stereocenters. The molecular weight excluding hydrogens is 314 g/mol. The topological polar surface area (TPSA) is 71.7 Å². The van der Waals surface area contributed by atoms with Gasteiger partial charge in [-0.1, -0.05) is 55.7 Å². The summed E-state index contributed by atoms with van der Waals surface area (Å²) >= 11 is 6.17. The Bertz CT molecular complexity index is 676. The molecule has 0 aliphatic rings. The number of nitrogens with two attached hydrogens (primary N) is 1. The lowest BCUT2D eigenvalue weighted by molar-refractivity contribution is -0.682. The Labute approximate surface area is 141 Å². The Morgan fingerprint density at radius 1 is 1.39 bits per heavy atom. The van der Waals surface area contributed by atoms with Crippen molar-refractivity contribution in [1.82, 2.24) is 5.16 Å². The molecular formula is C17H23ClN3O2+. The summed E-state index contributed by atoms with van der Waals surface area (Å²) in [6.07, 6.45) is 0. The number of hydrogen-bond donors (Lipinski definition) is 2. The molecule has 1 amide bonds.